The zero-order chi connectivity index (χ0) is 17.1. The zero-order valence-electron chi connectivity index (χ0n) is 14.0. The summed E-state index contributed by atoms with van der Waals surface area (Å²) in [6.45, 7) is 3.92. The van der Waals surface area contributed by atoms with E-state index < -0.39 is 15.4 Å². The standard InChI is InChI=1S/C17H25NO4S/c1-17(2,11-14-6-4-5-7-15(14)22-3)18-16(19)10-13-8-9-23(20,21)12-13/h4-7,13H,8-12H2,1-3H3,(H,18,19). The number of amides is 1. The molecule has 23 heavy (non-hydrogen) atoms. The monoisotopic (exact) mass is 339 g/mol. The van der Waals surface area contributed by atoms with Crippen molar-refractivity contribution in [2.75, 3.05) is 18.6 Å². The molecular formula is C17H25NO4S. The Morgan fingerprint density at radius 3 is 2.65 bits per heavy atom. The zero-order valence-corrected chi connectivity index (χ0v) is 14.8. The van der Waals surface area contributed by atoms with Gasteiger partial charge in [-0.15, -0.1) is 0 Å². The lowest BCUT2D eigenvalue weighted by molar-refractivity contribution is -0.123. The van der Waals surface area contributed by atoms with E-state index in [1.165, 1.54) is 0 Å². The molecule has 1 aliphatic rings. The van der Waals surface area contributed by atoms with Gasteiger partial charge < -0.3 is 10.1 Å². The Hall–Kier alpha value is -1.56. The normalized spacial score (nSPS) is 20.2. The smallest absolute Gasteiger partial charge is 0.220 e. The number of benzene rings is 1. The molecule has 0 spiro atoms. The van der Waals surface area contributed by atoms with Crippen molar-refractivity contribution in [3.05, 3.63) is 29.8 Å². The van der Waals surface area contributed by atoms with E-state index in [9.17, 15) is 13.2 Å². The number of rotatable bonds is 6. The van der Waals surface area contributed by atoms with Crippen molar-refractivity contribution in [1.82, 2.24) is 5.32 Å². The highest BCUT2D eigenvalue weighted by molar-refractivity contribution is 7.91. The number of methoxy groups -OCH3 is 1. The highest BCUT2D eigenvalue weighted by Crippen LogP contribution is 2.24. The van der Waals surface area contributed by atoms with Gasteiger partial charge in [0.15, 0.2) is 9.84 Å². The molecule has 1 saturated heterocycles. The van der Waals surface area contributed by atoms with Crippen LogP contribution in [0.25, 0.3) is 0 Å². The van der Waals surface area contributed by atoms with Gasteiger partial charge in [-0.1, -0.05) is 18.2 Å². The second-order valence-corrected chi connectivity index (χ2v) is 9.12. The van der Waals surface area contributed by atoms with Crippen molar-refractivity contribution >= 4 is 15.7 Å². The highest BCUT2D eigenvalue weighted by atomic mass is 32.2. The van der Waals surface area contributed by atoms with Crippen LogP contribution < -0.4 is 10.1 Å². The maximum atomic E-state index is 12.2. The molecule has 1 atom stereocenters. The lowest BCUT2D eigenvalue weighted by Gasteiger charge is -2.27. The predicted octanol–water partition coefficient (Wildman–Crippen LogP) is 1.96. The van der Waals surface area contributed by atoms with Gasteiger partial charge in [0.1, 0.15) is 5.75 Å². The molecule has 0 aromatic heterocycles. The average molecular weight is 339 g/mol. The highest BCUT2D eigenvalue weighted by Gasteiger charge is 2.31. The third-order valence-corrected chi connectivity index (χ3v) is 5.94. The summed E-state index contributed by atoms with van der Waals surface area (Å²) in [7, 11) is -1.31. The summed E-state index contributed by atoms with van der Waals surface area (Å²) in [6.07, 6.45) is 1.50. The lowest BCUT2D eigenvalue weighted by Crippen LogP contribution is -2.45. The predicted molar refractivity (Wildman–Crippen MR) is 90.3 cm³/mol. The molecular weight excluding hydrogens is 314 g/mol. The summed E-state index contributed by atoms with van der Waals surface area (Å²) in [6, 6.07) is 7.74. The van der Waals surface area contributed by atoms with Crippen molar-refractivity contribution in [2.24, 2.45) is 5.92 Å². The van der Waals surface area contributed by atoms with Crippen LogP contribution in [0.3, 0.4) is 0 Å². The quantitative estimate of drug-likeness (QED) is 0.860. The van der Waals surface area contributed by atoms with E-state index in [0.717, 1.165) is 11.3 Å². The van der Waals surface area contributed by atoms with Crippen LogP contribution in [0.15, 0.2) is 24.3 Å². The molecule has 1 aromatic carbocycles. The maximum absolute atomic E-state index is 12.2. The maximum Gasteiger partial charge on any atom is 0.220 e. The number of carbonyl (C=O) groups excluding carboxylic acids is 1. The van der Waals surface area contributed by atoms with Crippen molar-refractivity contribution in [1.29, 1.82) is 0 Å². The van der Waals surface area contributed by atoms with Gasteiger partial charge in [-0.05, 0) is 44.2 Å². The van der Waals surface area contributed by atoms with Crippen LogP contribution in [0.2, 0.25) is 0 Å². The lowest BCUT2D eigenvalue weighted by atomic mass is 9.93. The van der Waals surface area contributed by atoms with E-state index in [0.29, 0.717) is 12.8 Å². The summed E-state index contributed by atoms with van der Waals surface area (Å²) in [5.41, 5.74) is 0.604. The van der Waals surface area contributed by atoms with Gasteiger partial charge in [-0.25, -0.2) is 8.42 Å². The van der Waals surface area contributed by atoms with Gasteiger partial charge >= 0.3 is 0 Å². The van der Waals surface area contributed by atoms with Crippen molar-refractivity contribution in [2.45, 2.75) is 38.6 Å². The number of ether oxygens (including phenoxy) is 1. The molecule has 128 valence electrons. The first kappa shape index (κ1) is 17.8. The minimum atomic E-state index is -2.94. The van der Waals surface area contributed by atoms with Crippen LogP contribution in [-0.2, 0) is 21.1 Å². The van der Waals surface area contributed by atoms with Crippen LogP contribution in [0.4, 0.5) is 0 Å². The van der Waals surface area contributed by atoms with E-state index >= 15 is 0 Å². The van der Waals surface area contributed by atoms with Gasteiger partial charge in [0.25, 0.3) is 0 Å². The Morgan fingerprint density at radius 2 is 2.04 bits per heavy atom. The third-order valence-electron chi connectivity index (χ3n) is 4.10. The van der Waals surface area contributed by atoms with Crippen LogP contribution in [0.5, 0.6) is 5.75 Å². The summed E-state index contributed by atoms with van der Waals surface area (Å²) < 4.78 is 28.3. The Balaban J connectivity index is 1.94. The number of carbonyl (C=O) groups is 1. The molecule has 1 aliphatic heterocycles. The van der Waals surface area contributed by atoms with Crippen LogP contribution in [-0.4, -0.2) is 38.5 Å². The third kappa shape index (κ3) is 5.23. The number of para-hydroxylation sites is 1. The molecule has 1 fully saturated rings. The Kier molecular flexibility index (Phi) is 5.34. The minimum Gasteiger partial charge on any atom is -0.496 e. The van der Waals surface area contributed by atoms with E-state index in [4.69, 9.17) is 4.74 Å². The molecule has 1 unspecified atom stereocenters. The van der Waals surface area contributed by atoms with Gasteiger partial charge in [-0.2, -0.15) is 0 Å². The first-order valence-corrected chi connectivity index (χ1v) is 9.66. The number of hydrogen-bond acceptors (Lipinski definition) is 4. The molecule has 6 heteroatoms. The number of hydrogen-bond donors (Lipinski definition) is 1. The summed E-state index contributed by atoms with van der Waals surface area (Å²) in [5.74, 6) is 0.994. The molecule has 1 heterocycles. The van der Waals surface area contributed by atoms with Crippen molar-refractivity contribution in [3.63, 3.8) is 0 Å². The average Bonchev–Trinajstić information content (AvgIpc) is 2.77. The van der Waals surface area contributed by atoms with Crippen molar-refractivity contribution < 1.29 is 17.9 Å². The van der Waals surface area contributed by atoms with Gasteiger partial charge in [0.05, 0.1) is 18.6 Å². The Labute approximate surface area is 138 Å². The van der Waals surface area contributed by atoms with Gasteiger partial charge in [0, 0.05) is 12.0 Å². The summed E-state index contributed by atoms with van der Waals surface area (Å²) >= 11 is 0. The topological polar surface area (TPSA) is 72.5 Å². The summed E-state index contributed by atoms with van der Waals surface area (Å²) in [5, 5.41) is 3.02. The fourth-order valence-electron chi connectivity index (χ4n) is 3.09. The molecule has 1 amide bonds. The molecule has 0 aliphatic carbocycles. The van der Waals surface area contributed by atoms with Gasteiger partial charge in [0.2, 0.25) is 5.91 Å². The molecule has 5 nitrogen and oxygen atoms in total. The van der Waals surface area contributed by atoms with Crippen LogP contribution in [0, 0.1) is 5.92 Å². The Bertz CT molecular complexity index is 667. The van der Waals surface area contributed by atoms with Gasteiger partial charge in [-0.3, -0.25) is 4.79 Å². The molecule has 2 rings (SSSR count). The molecule has 1 N–H and O–H groups in total. The van der Waals surface area contributed by atoms with Crippen molar-refractivity contribution in [3.8, 4) is 5.75 Å². The van der Waals surface area contributed by atoms with E-state index in [-0.39, 0.29) is 29.8 Å². The fraction of sp³-hybridized carbons (Fsp3) is 0.588. The summed E-state index contributed by atoms with van der Waals surface area (Å²) in [4.78, 5) is 12.2. The molecule has 1 aromatic rings. The second kappa shape index (κ2) is 6.91. The van der Waals surface area contributed by atoms with Crippen LogP contribution >= 0.6 is 0 Å². The SMILES string of the molecule is COc1ccccc1CC(C)(C)NC(=O)CC1CCS(=O)(=O)C1. The Morgan fingerprint density at radius 1 is 1.35 bits per heavy atom. The van der Waals surface area contributed by atoms with Crippen LogP contribution in [0.1, 0.15) is 32.3 Å². The fourth-order valence-corrected chi connectivity index (χ4v) is 4.95. The van der Waals surface area contributed by atoms with E-state index in [1.807, 2.05) is 38.1 Å². The first-order chi connectivity index (χ1) is 10.7. The second-order valence-electron chi connectivity index (χ2n) is 6.89. The minimum absolute atomic E-state index is 0.0536. The van der Waals surface area contributed by atoms with E-state index in [1.54, 1.807) is 7.11 Å². The number of sulfone groups is 1. The molecule has 0 radical (unpaired) electrons. The molecule has 0 bridgehead atoms. The number of nitrogens with one attached hydrogen (secondary N) is 1. The first-order valence-electron chi connectivity index (χ1n) is 7.84. The molecule has 0 saturated carbocycles. The largest absolute Gasteiger partial charge is 0.496 e. The van der Waals surface area contributed by atoms with E-state index in [2.05, 4.69) is 5.32 Å².